The second-order valence-electron chi connectivity index (χ2n) is 7.35. The van der Waals surface area contributed by atoms with E-state index >= 15 is 0 Å². The first-order chi connectivity index (χ1) is 9.51. The molecule has 0 aromatic carbocycles. The van der Waals surface area contributed by atoms with Crippen LogP contribution in [0.4, 0.5) is 0 Å². The van der Waals surface area contributed by atoms with Crippen LogP contribution in [0.5, 0.6) is 0 Å². The number of rotatable bonds is 7. The number of nitrogens with zero attached hydrogens (tertiary/aromatic N) is 1. The Balaban J connectivity index is 2.24. The predicted octanol–water partition coefficient (Wildman–Crippen LogP) is 0.676. The summed E-state index contributed by atoms with van der Waals surface area (Å²) in [6.45, 7) is 10.0. The fourth-order valence-corrected chi connectivity index (χ4v) is 7.48. The van der Waals surface area contributed by atoms with Gasteiger partial charge in [-0.2, -0.15) is 0 Å². The Kier molecular flexibility index (Phi) is 5.49. The maximum absolute atomic E-state index is 10.7. The van der Waals surface area contributed by atoms with Gasteiger partial charge in [0.2, 0.25) is 0 Å². The van der Waals surface area contributed by atoms with Crippen LogP contribution in [0.1, 0.15) is 47.0 Å². The third-order valence-electron chi connectivity index (χ3n) is 6.80. The van der Waals surface area contributed by atoms with Crippen LogP contribution in [-0.4, -0.2) is 11.0 Å². The van der Waals surface area contributed by atoms with Crippen LogP contribution >= 0.6 is 0 Å². The normalized spacial score (nSPS) is 42.9. The Bertz CT molecular complexity index is 351. The zero-order valence-electron chi connectivity index (χ0n) is 13.3. The van der Waals surface area contributed by atoms with E-state index in [4.69, 9.17) is 3.95 Å². The zero-order chi connectivity index (χ0) is 14.9. The molecule has 2 fully saturated rings. The Labute approximate surface area is 134 Å². The molecule has 4 heteroatoms. The molecule has 7 atom stereocenters. The van der Waals surface area contributed by atoms with Gasteiger partial charge in [-0.05, 0) is 0 Å². The quantitative estimate of drug-likeness (QED) is 0.299. The molecule has 0 aliphatic heterocycles. The number of fused-ring (bicyclic) bond motifs is 1. The maximum atomic E-state index is 10.7. The van der Waals surface area contributed by atoms with E-state index in [0.29, 0.717) is 23.8 Å². The summed E-state index contributed by atoms with van der Waals surface area (Å²) in [5.41, 5.74) is 0.406. The monoisotopic (exact) mass is 393 g/mol. The summed E-state index contributed by atoms with van der Waals surface area (Å²) < 4.78 is 7.27. The molecule has 0 amide bonds. The summed E-state index contributed by atoms with van der Waals surface area (Å²) in [5.74, 6) is 4.44. The average molecular weight is 393 g/mol. The topological polar surface area (TPSA) is 55.5 Å². The van der Waals surface area contributed by atoms with Gasteiger partial charge in [-0.1, -0.05) is 0 Å². The van der Waals surface area contributed by atoms with Gasteiger partial charge in [-0.15, -0.1) is 0 Å². The SMILES string of the molecule is CCC(CN=O)[C@@H](C)[C@H]1C2CCC2[C@@H](C)[C@]1(C)C[I-]N. The Morgan fingerprint density at radius 1 is 1.40 bits per heavy atom. The predicted molar refractivity (Wildman–Crippen MR) is 79.6 cm³/mol. The number of alkyl halides is 1. The van der Waals surface area contributed by atoms with Gasteiger partial charge in [-0.3, -0.25) is 0 Å². The molecule has 0 spiro atoms. The van der Waals surface area contributed by atoms with Gasteiger partial charge < -0.3 is 0 Å². The van der Waals surface area contributed by atoms with Crippen LogP contribution in [-0.2, 0) is 0 Å². The molecule has 2 rings (SSSR count). The summed E-state index contributed by atoms with van der Waals surface area (Å²) in [6.07, 6.45) is 3.88. The zero-order valence-corrected chi connectivity index (χ0v) is 15.5. The first-order valence-corrected chi connectivity index (χ1v) is 10.8. The van der Waals surface area contributed by atoms with E-state index in [1.54, 1.807) is 0 Å². The molecule has 20 heavy (non-hydrogen) atoms. The summed E-state index contributed by atoms with van der Waals surface area (Å²) in [5, 5.41) is 3.21. The van der Waals surface area contributed by atoms with Crippen molar-refractivity contribution >= 4 is 0 Å². The van der Waals surface area contributed by atoms with Gasteiger partial charge in [0.05, 0.1) is 0 Å². The van der Waals surface area contributed by atoms with Gasteiger partial charge in [0.15, 0.2) is 0 Å². The minimum absolute atomic E-state index is 0.164. The van der Waals surface area contributed by atoms with Gasteiger partial charge in [0, 0.05) is 0 Å². The van der Waals surface area contributed by atoms with Crippen molar-refractivity contribution in [3.05, 3.63) is 4.91 Å². The van der Waals surface area contributed by atoms with Crippen LogP contribution < -0.4 is 25.4 Å². The van der Waals surface area contributed by atoms with Crippen LogP contribution in [0.15, 0.2) is 5.18 Å². The van der Waals surface area contributed by atoms with Gasteiger partial charge in [-0.25, -0.2) is 0 Å². The molecule has 2 saturated carbocycles. The van der Waals surface area contributed by atoms with Crippen molar-refractivity contribution in [2.24, 2.45) is 50.0 Å². The fourth-order valence-electron chi connectivity index (χ4n) is 5.32. The van der Waals surface area contributed by atoms with Crippen molar-refractivity contribution in [3.63, 3.8) is 0 Å². The van der Waals surface area contributed by atoms with E-state index in [2.05, 4.69) is 32.9 Å². The fraction of sp³-hybridized carbons (Fsp3) is 1.00. The Morgan fingerprint density at radius 2 is 2.05 bits per heavy atom. The third kappa shape index (κ3) is 2.55. The molecule has 0 aromatic heterocycles. The average Bonchev–Trinajstić information content (AvgIpc) is 2.52. The van der Waals surface area contributed by atoms with E-state index in [1.807, 2.05) is 0 Å². The molecular weight excluding hydrogens is 363 g/mol. The molecule has 2 N–H and O–H groups in total. The van der Waals surface area contributed by atoms with Crippen LogP contribution in [0, 0.1) is 45.8 Å². The van der Waals surface area contributed by atoms with Crippen molar-refractivity contribution in [3.8, 4) is 0 Å². The van der Waals surface area contributed by atoms with Crippen molar-refractivity contribution in [2.45, 2.75) is 47.0 Å². The van der Waals surface area contributed by atoms with E-state index in [1.165, 1.54) is 17.3 Å². The molecule has 2 aliphatic carbocycles. The van der Waals surface area contributed by atoms with Crippen LogP contribution in [0.3, 0.4) is 0 Å². The first kappa shape index (κ1) is 16.7. The van der Waals surface area contributed by atoms with Gasteiger partial charge >= 0.3 is 134 Å². The molecule has 3 unspecified atom stereocenters. The van der Waals surface area contributed by atoms with E-state index in [9.17, 15) is 4.91 Å². The Hall–Kier alpha value is 0.290. The molecule has 0 bridgehead atoms. The van der Waals surface area contributed by atoms with E-state index in [0.717, 1.165) is 30.1 Å². The molecule has 118 valence electrons. The first-order valence-electron chi connectivity index (χ1n) is 8.08. The number of nitrogens with two attached hydrogens (primary N) is 1. The number of nitroso groups, excluding NO2 is 1. The van der Waals surface area contributed by atoms with E-state index < -0.39 is 0 Å². The molecule has 0 saturated heterocycles. The summed E-state index contributed by atoms with van der Waals surface area (Å²) >= 11 is -0.164. The molecule has 2 aliphatic rings. The second kappa shape index (κ2) is 6.59. The third-order valence-corrected chi connectivity index (χ3v) is 8.88. The molecule has 0 heterocycles. The number of halogens is 1. The summed E-state index contributed by atoms with van der Waals surface area (Å²) in [7, 11) is 0. The summed E-state index contributed by atoms with van der Waals surface area (Å²) in [6, 6.07) is 0. The number of hydrogen-bond donors (Lipinski definition) is 1. The van der Waals surface area contributed by atoms with Gasteiger partial charge in [0.1, 0.15) is 0 Å². The van der Waals surface area contributed by atoms with Crippen molar-refractivity contribution in [1.29, 1.82) is 0 Å². The Morgan fingerprint density at radius 3 is 2.50 bits per heavy atom. The minimum atomic E-state index is -0.164. The van der Waals surface area contributed by atoms with Crippen LogP contribution in [0.25, 0.3) is 0 Å². The van der Waals surface area contributed by atoms with Crippen molar-refractivity contribution in [1.82, 2.24) is 0 Å². The molecular formula is C16H30IN2O-. The number of hydrogen-bond acceptors (Lipinski definition) is 3. The van der Waals surface area contributed by atoms with Gasteiger partial charge in [0.25, 0.3) is 0 Å². The van der Waals surface area contributed by atoms with E-state index in [-0.39, 0.29) is 21.5 Å². The molecule has 0 radical (unpaired) electrons. The standard InChI is InChI=1S/C16H30IN2O/c1-5-12(8-19-20)10(2)15-14-7-6-13(14)11(3)16(15,4)9-17-18/h10-15H,5-9,18H2,1-4H3/q-1/t10-,11-,12?,13?,14?,15+,16+/m1/s1. The molecule has 3 nitrogen and oxygen atoms in total. The van der Waals surface area contributed by atoms with Crippen LogP contribution in [0.2, 0.25) is 0 Å². The van der Waals surface area contributed by atoms with Crippen molar-refractivity contribution in [2.75, 3.05) is 11.0 Å². The summed E-state index contributed by atoms with van der Waals surface area (Å²) in [4.78, 5) is 10.7. The molecule has 0 aromatic rings. The van der Waals surface area contributed by atoms with Crippen molar-refractivity contribution < 1.29 is 21.5 Å². The second-order valence-corrected chi connectivity index (χ2v) is 9.00.